The molecule has 19 heavy (non-hydrogen) atoms. The second kappa shape index (κ2) is 4.56. The Kier molecular flexibility index (Phi) is 3.74. The van der Waals surface area contributed by atoms with Gasteiger partial charge in [-0.1, -0.05) is 6.07 Å². The van der Waals surface area contributed by atoms with E-state index in [0.717, 1.165) is 0 Å². The molecule has 1 rings (SSSR count). The molecule has 11 heteroatoms. The van der Waals surface area contributed by atoms with Crippen molar-refractivity contribution < 1.29 is 39.5 Å². The summed E-state index contributed by atoms with van der Waals surface area (Å²) < 4.78 is 98.8. The Hall–Kier alpha value is -1.49. The summed E-state index contributed by atoms with van der Waals surface area (Å²) in [5.41, 5.74) is -1.89. The maximum absolute atomic E-state index is 12.5. The molecule has 2 N–H and O–H groups in total. The summed E-state index contributed by atoms with van der Waals surface area (Å²) in [6.45, 7) is 0. The second-order valence-electron chi connectivity index (χ2n) is 3.22. The number of ether oxygens (including phenoxy) is 1. The predicted octanol–water partition coefficient (Wildman–Crippen LogP) is 2.25. The molecule has 0 radical (unpaired) electrons. The van der Waals surface area contributed by atoms with Gasteiger partial charge < -0.3 is 4.74 Å². The normalized spacial score (nSPS) is 13.4. The van der Waals surface area contributed by atoms with E-state index < -0.39 is 38.8 Å². The smallest absolute Gasteiger partial charge is 0.404 e. The molecule has 0 aromatic heterocycles. The summed E-state index contributed by atoms with van der Waals surface area (Å²) in [7, 11) is -4.81. The van der Waals surface area contributed by atoms with Crippen molar-refractivity contribution in [3.8, 4) is 5.75 Å². The molecule has 0 saturated heterocycles. The highest BCUT2D eigenvalue weighted by Gasteiger charge is 2.41. The van der Waals surface area contributed by atoms with Gasteiger partial charge in [-0.3, -0.25) is 0 Å². The molecular formula is C8H5F6NO3S. The van der Waals surface area contributed by atoms with Crippen LogP contribution >= 0.6 is 0 Å². The number of halogens is 6. The summed E-state index contributed by atoms with van der Waals surface area (Å²) in [6, 6.07) is 1.33. The predicted molar refractivity (Wildman–Crippen MR) is 49.5 cm³/mol. The van der Waals surface area contributed by atoms with Crippen LogP contribution in [-0.2, 0) is 16.2 Å². The molecule has 0 spiro atoms. The zero-order valence-electron chi connectivity index (χ0n) is 8.71. The van der Waals surface area contributed by atoms with Gasteiger partial charge in [-0.2, -0.15) is 13.2 Å². The van der Waals surface area contributed by atoms with Crippen LogP contribution in [0, 0.1) is 0 Å². The van der Waals surface area contributed by atoms with Crippen LogP contribution in [0.1, 0.15) is 5.56 Å². The molecule has 0 heterocycles. The molecule has 0 amide bonds. The Labute approximate surface area is 102 Å². The van der Waals surface area contributed by atoms with Crippen molar-refractivity contribution in [3.05, 3.63) is 23.8 Å². The fraction of sp³-hybridized carbons (Fsp3) is 0.250. The van der Waals surface area contributed by atoms with Crippen molar-refractivity contribution in [1.82, 2.24) is 0 Å². The van der Waals surface area contributed by atoms with E-state index in [-0.39, 0.29) is 6.07 Å². The maximum atomic E-state index is 12.5. The summed E-state index contributed by atoms with van der Waals surface area (Å²) in [5, 5.41) is 4.55. The first-order chi connectivity index (χ1) is 8.32. The molecule has 0 aliphatic rings. The summed E-state index contributed by atoms with van der Waals surface area (Å²) in [5.74, 6) is -1.90. The van der Waals surface area contributed by atoms with E-state index in [1.165, 1.54) is 0 Å². The number of rotatable bonds is 2. The lowest BCUT2D eigenvalue weighted by molar-refractivity contribution is -0.277. The molecule has 1 aromatic carbocycles. The van der Waals surface area contributed by atoms with E-state index in [2.05, 4.69) is 9.88 Å². The van der Waals surface area contributed by atoms with E-state index in [0.29, 0.717) is 12.1 Å². The van der Waals surface area contributed by atoms with E-state index in [4.69, 9.17) is 0 Å². The average molecular weight is 309 g/mol. The Balaban J connectivity index is 3.60. The first kappa shape index (κ1) is 15.6. The number of hydrogen-bond donors (Lipinski definition) is 1. The minimum atomic E-state index is -5.50. The van der Waals surface area contributed by atoms with E-state index in [1.54, 1.807) is 0 Å². The molecule has 0 atom stereocenters. The Morgan fingerprint density at radius 3 is 1.95 bits per heavy atom. The number of benzene rings is 1. The summed E-state index contributed by atoms with van der Waals surface area (Å²) in [4.78, 5) is -1.40. The molecule has 0 saturated carbocycles. The van der Waals surface area contributed by atoms with Crippen LogP contribution in [0.25, 0.3) is 0 Å². The van der Waals surface area contributed by atoms with Gasteiger partial charge >= 0.3 is 12.5 Å². The lowest BCUT2D eigenvalue weighted by atomic mass is 10.2. The quantitative estimate of drug-likeness (QED) is 0.852. The highest BCUT2D eigenvalue weighted by atomic mass is 32.2. The number of para-hydroxylation sites is 1. The molecule has 4 nitrogen and oxygen atoms in total. The van der Waals surface area contributed by atoms with Gasteiger partial charge in [-0.25, -0.2) is 13.6 Å². The highest BCUT2D eigenvalue weighted by molar-refractivity contribution is 7.89. The zero-order valence-corrected chi connectivity index (χ0v) is 9.53. The topological polar surface area (TPSA) is 69.4 Å². The van der Waals surface area contributed by atoms with Gasteiger partial charge in [-0.15, -0.1) is 13.2 Å². The van der Waals surface area contributed by atoms with E-state index >= 15 is 0 Å². The zero-order chi connectivity index (χ0) is 15.1. The minimum Gasteiger partial charge on any atom is -0.404 e. The van der Waals surface area contributed by atoms with Crippen LogP contribution in [0.15, 0.2) is 23.1 Å². The number of primary sulfonamides is 1. The average Bonchev–Trinajstić information content (AvgIpc) is 2.11. The van der Waals surface area contributed by atoms with Crippen molar-refractivity contribution in [1.29, 1.82) is 0 Å². The lowest BCUT2D eigenvalue weighted by Gasteiger charge is -2.17. The molecular weight excluding hydrogens is 304 g/mol. The fourth-order valence-electron chi connectivity index (χ4n) is 1.18. The van der Waals surface area contributed by atoms with Gasteiger partial charge in [0.15, 0.2) is 5.75 Å². The van der Waals surface area contributed by atoms with Gasteiger partial charge in [0, 0.05) is 0 Å². The minimum absolute atomic E-state index is 0.246. The number of sulfonamides is 1. The van der Waals surface area contributed by atoms with Crippen LogP contribution in [0.5, 0.6) is 5.75 Å². The van der Waals surface area contributed by atoms with Gasteiger partial charge in [-0.05, 0) is 12.1 Å². The molecule has 0 aliphatic carbocycles. The molecule has 108 valence electrons. The second-order valence-corrected chi connectivity index (χ2v) is 4.75. The van der Waals surface area contributed by atoms with Gasteiger partial charge in [0.05, 0.1) is 5.56 Å². The van der Waals surface area contributed by atoms with Crippen LogP contribution in [0.3, 0.4) is 0 Å². The molecule has 0 bridgehead atoms. The van der Waals surface area contributed by atoms with Crippen molar-refractivity contribution in [2.24, 2.45) is 5.14 Å². The van der Waals surface area contributed by atoms with Crippen molar-refractivity contribution in [3.63, 3.8) is 0 Å². The van der Waals surface area contributed by atoms with Crippen molar-refractivity contribution in [2.75, 3.05) is 0 Å². The molecule has 0 fully saturated rings. The number of nitrogens with two attached hydrogens (primary N) is 1. The fourth-order valence-corrected chi connectivity index (χ4v) is 1.86. The number of hydrogen-bond acceptors (Lipinski definition) is 3. The lowest BCUT2D eigenvalue weighted by Crippen LogP contribution is -2.23. The standard InChI is InChI=1S/C8H5F6NO3S/c9-7(10,11)4-2-1-3-5(19(15,16)17)6(4)18-8(12,13)14/h1-3H,(H2,15,16,17). The van der Waals surface area contributed by atoms with Crippen molar-refractivity contribution in [2.45, 2.75) is 17.4 Å². The highest BCUT2D eigenvalue weighted by Crippen LogP contribution is 2.41. The van der Waals surface area contributed by atoms with Crippen LogP contribution in [0.4, 0.5) is 26.3 Å². The van der Waals surface area contributed by atoms with Crippen LogP contribution < -0.4 is 9.88 Å². The van der Waals surface area contributed by atoms with E-state index in [9.17, 15) is 34.8 Å². The third-order valence-electron chi connectivity index (χ3n) is 1.81. The Morgan fingerprint density at radius 2 is 1.58 bits per heavy atom. The van der Waals surface area contributed by atoms with E-state index in [1.807, 2.05) is 0 Å². The first-order valence-electron chi connectivity index (χ1n) is 4.31. The molecule has 0 aliphatic heterocycles. The molecule has 0 unspecified atom stereocenters. The van der Waals surface area contributed by atoms with Gasteiger partial charge in [0.2, 0.25) is 10.0 Å². The monoisotopic (exact) mass is 309 g/mol. The summed E-state index contributed by atoms with van der Waals surface area (Å²) in [6.07, 6.45) is -10.7. The van der Waals surface area contributed by atoms with Crippen molar-refractivity contribution >= 4 is 10.0 Å². The van der Waals surface area contributed by atoms with Gasteiger partial charge in [0.1, 0.15) is 4.90 Å². The Bertz CT molecular complexity index is 577. The van der Waals surface area contributed by atoms with Crippen LogP contribution in [-0.4, -0.2) is 14.8 Å². The third-order valence-corrected chi connectivity index (χ3v) is 2.74. The largest absolute Gasteiger partial charge is 0.573 e. The summed E-state index contributed by atoms with van der Waals surface area (Å²) >= 11 is 0. The van der Waals surface area contributed by atoms with Crippen LogP contribution in [0.2, 0.25) is 0 Å². The van der Waals surface area contributed by atoms with Gasteiger partial charge in [0.25, 0.3) is 0 Å². The Morgan fingerprint density at radius 1 is 1.05 bits per heavy atom. The third kappa shape index (κ3) is 3.99. The molecule has 1 aromatic rings. The SMILES string of the molecule is NS(=O)(=O)c1cccc(C(F)(F)F)c1OC(F)(F)F. The number of alkyl halides is 6. The maximum Gasteiger partial charge on any atom is 0.573 e. The first-order valence-corrected chi connectivity index (χ1v) is 5.86.